The maximum atomic E-state index is 11.7. The van der Waals surface area contributed by atoms with Crippen LogP contribution in [0.15, 0.2) is 36.5 Å². The van der Waals surface area contributed by atoms with Gasteiger partial charge in [0, 0.05) is 18.3 Å². The summed E-state index contributed by atoms with van der Waals surface area (Å²) < 4.78 is 0. The number of phenols is 1. The number of rotatable bonds is 3. The Labute approximate surface area is 101 Å². The second kappa shape index (κ2) is 4.58. The second-order valence-electron chi connectivity index (χ2n) is 3.50. The van der Waals surface area contributed by atoms with Crippen molar-refractivity contribution in [2.45, 2.75) is 0 Å². The number of amides is 1. The van der Waals surface area contributed by atoms with Crippen LogP contribution in [0.1, 0.15) is 10.5 Å². The van der Waals surface area contributed by atoms with Crippen LogP contribution in [0.4, 0.5) is 11.4 Å². The molecule has 0 fully saturated rings. The van der Waals surface area contributed by atoms with Crippen molar-refractivity contribution in [1.82, 2.24) is 4.98 Å². The zero-order chi connectivity index (χ0) is 13.1. The van der Waals surface area contributed by atoms with E-state index in [0.717, 1.165) is 18.2 Å². The van der Waals surface area contributed by atoms with Gasteiger partial charge in [0.2, 0.25) is 0 Å². The minimum atomic E-state index is -0.607. The molecule has 18 heavy (non-hydrogen) atoms. The molecule has 0 saturated heterocycles. The lowest BCUT2D eigenvalue weighted by atomic mass is 10.2. The molecular weight excluding hydrogens is 238 g/mol. The van der Waals surface area contributed by atoms with Crippen LogP contribution in [0, 0.1) is 10.1 Å². The number of benzene rings is 1. The Balaban J connectivity index is 2.26. The number of non-ortho nitro benzene ring substituents is 1. The zero-order valence-electron chi connectivity index (χ0n) is 9.08. The number of nitrogens with zero attached hydrogens (tertiary/aromatic N) is 1. The highest BCUT2D eigenvalue weighted by molar-refractivity contribution is 6.03. The van der Waals surface area contributed by atoms with E-state index in [-0.39, 0.29) is 17.1 Å². The summed E-state index contributed by atoms with van der Waals surface area (Å²) in [5, 5.41) is 22.5. The normalized spacial score (nSPS) is 10.0. The van der Waals surface area contributed by atoms with Gasteiger partial charge in [-0.2, -0.15) is 0 Å². The van der Waals surface area contributed by atoms with Crippen molar-refractivity contribution in [3.05, 3.63) is 52.3 Å². The summed E-state index contributed by atoms with van der Waals surface area (Å²) in [6.07, 6.45) is 1.57. The fourth-order valence-electron chi connectivity index (χ4n) is 1.40. The van der Waals surface area contributed by atoms with Crippen LogP contribution in [0.5, 0.6) is 5.75 Å². The summed E-state index contributed by atoms with van der Waals surface area (Å²) in [7, 11) is 0. The lowest BCUT2D eigenvalue weighted by molar-refractivity contribution is -0.384. The van der Waals surface area contributed by atoms with Crippen molar-refractivity contribution in [3.8, 4) is 5.75 Å². The number of hydrogen-bond donors (Lipinski definition) is 3. The molecule has 2 aromatic rings. The van der Waals surface area contributed by atoms with Crippen molar-refractivity contribution < 1.29 is 14.8 Å². The van der Waals surface area contributed by atoms with Crippen LogP contribution in [0.3, 0.4) is 0 Å². The van der Waals surface area contributed by atoms with Gasteiger partial charge in [0.1, 0.15) is 11.4 Å². The first kappa shape index (κ1) is 11.6. The predicted molar refractivity (Wildman–Crippen MR) is 63.5 cm³/mol. The minimum Gasteiger partial charge on any atom is -0.506 e. The fourth-order valence-corrected chi connectivity index (χ4v) is 1.40. The Bertz CT molecular complexity index is 592. The van der Waals surface area contributed by atoms with E-state index in [2.05, 4.69) is 10.3 Å². The molecule has 0 aliphatic rings. The number of nitro benzene ring substituents is 1. The Hall–Kier alpha value is -2.83. The SMILES string of the molecule is O=C(Nc1cc([N+](=O)[O-])ccc1O)c1ccc[nH]1. The van der Waals surface area contributed by atoms with Crippen LogP contribution in [0.25, 0.3) is 0 Å². The first-order chi connectivity index (χ1) is 8.58. The lowest BCUT2D eigenvalue weighted by Gasteiger charge is -2.05. The van der Waals surface area contributed by atoms with Gasteiger partial charge < -0.3 is 15.4 Å². The molecule has 0 saturated carbocycles. The summed E-state index contributed by atoms with van der Waals surface area (Å²) in [6, 6.07) is 6.59. The Morgan fingerprint density at radius 3 is 2.78 bits per heavy atom. The van der Waals surface area contributed by atoms with Crippen molar-refractivity contribution in [1.29, 1.82) is 0 Å². The summed E-state index contributed by atoms with van der Waals surface area (Å²) in [5.41, 5.74) is 0.0688. The maximum Gasteiger partial charge on any atom is 0.272 e. The maximum absolute atomic E-state index is 11.7. The van der Waals surface area contributed by atoms with Gasteiger partial charge in [0.25, 0.3) is 11.6 Å². The van der Waals surface area contributed by atoms with Crippen LogP contribution < -0.4 is 5.32 Å². The first-order valence-corrected chi connectivity index (χ1v) is 5.00. The molecular formula is C11H9N3O4. The number of nitro groups is 1. The number of H-pyrrole nitrogens is 1. The highest BCUT2D eigenvalue weighted by atomic mass is 16.6. The monoisotopic (exact) mass is 247 g/mol. The van der Waals surface area contributed by atoms with E-state index in [1.165, 1.54) is 0 Å². The summed E-state index contributed by atoms with van der Waals surface area (Å²) >= 11 is 0. The van der Waals surface area contributed by atoms with Crippen molar-refractivity contribution >= 4 is 17.3 Å². The third kappa shape index (κ3) is 2.29. The van der Waals surface area contributed by atoms with Crippen molar-refractivity contribution in [2.75, 3.05) is 5.32 Å². The molecule has 1 heterocycles. The Morgan fingerprint density at radius 2 is 2.17 bits per heavy atom. The van der Waals surface area contributed by atoms with Gasteiger partial charge in [0.15, 0.2) is 0 Å². The third-order valence-corrected chi connectivity index (χ3v) is 2.28. The van der Waals surface area contributed by atoms with E-state index in [4.69, 9.17) is 0 Å². The molecule has 1 amide bonds. The largest absolute Gasteiger partial charge is 0.506 e. The molecule has 1 aromatic heterocycles. The van der Waals surface area contributed by atoms with Gasteiger partial charge in [-0.1, -0.05) is 0 Å². The van der Waals surface area contributed by atoms with Crippen LogP contribution in [-0.4, -0.2) is 20.9 Å². The number of aromatic hydroxyl groups is 1. The van der Waals surface area contributed by atoms with Gasteiger partial charge in [-0.25, -0.2) is 0 Å². The highest BCUT2D eigenvalue weighted by Crippen LogP contribution is 2.28. The van der Waals surface area contributed by atoms with Crippen molar-refractivity contribution in [3.63, 3.8) is 0 Å². The van der Waals surface area contributed by atoms with Gasteiger partial charge in [-0.3, -0.25) is 14.9 Å². The lowest BCUT2D eigenvalue weighted by Crippen LogP contribution is -2.12. The summed E-state index contributed by atoms with van der Waals surface area (Å²) in [6.45, 7) is 0. The summed E-state index contributed by atoms with van der Waals surface area (Å²) in [4.78, 5) is 24.3. The molecule has 0 bridgehead atoms. The predicted octanol–water partition coefficient (Wildman–Crippen LogP) is 1.88. The quantitative estimate of drug-likeness (QED) is 0.437. The van der Waals surface area contributed by atoms with E-state index in [0.29, 0.717) is 5.69 Å². The van der Waals surface area contributed by atoms with E-state index >= 15 is 0 Å². The molecule has 0 aliphatic carbocycles. The van der Waals surface area contributed by atoms with Crippen LogP contribution in [0.2, 0.25) is 0 Å². The number of anilines is 1. The molecule has 0 spiro atoms. The average molecular weight is 247 g/mol. The number of aromatic nitrogens is 1. The van der Waals surface area contributed by atoms with Gasteiger partial charge in [-0.15, -0.1) is 0 Å². The van der Waals surface area contributed by atoms with Gasteiger partial charge in [-0.05, 0) is 18.2 Å². The average Bonchev–Trinajstić information content (AvgIpc) is 2.85. The van der Waals surface area contributed by atoms with E-state index in [1.54, 1.807) is 18.3 Å². The minimum absolute atomic E-state index is 0.0104. The molecule has 0 unspecified atom stereocenters. The Kier molecular flexibility index (Phi) is 2.96. The number of carbonyl (C=O) groups excluding carboxylic acids is 1. The fraction of sp³-hybridized carbons (Fsp3) is 0. The third-order valence-electron chi connectivity index (χ3n) is 2.28. The smallest absolute Gasteiger partial charge is 0.272 e. The van der Waals surface area contributed by atoms with Crippen molar-refractivity contribution in [2.24, 2.45) is 0 Å². The zero-order valence-corrected chi connectivity index (χ0v) is 9.08. The highest BCUT2D eigenvalue weighted by Gasteiger charge is 2.13. The van der Waals surface area contributed by atoms with E-state index in [9.17, 15) is 20.0 Å². The van der Waals surface area contributed by atoms with Gasteiger partial charge in [0.05, 0.1) is 10.6 Å². The summed E-state index contributed by atoms with van der Waals surface area (Å²) in [5.74, 6) is -0.726. The molecule has 0 atom stereocenters. The molecule has 2 rings (SSSR count). The van der Waals surface area contributed by atoms with E-state index in [1.807, 2.05) is 0 Å². The molecule has 0 radical (unpaired) electrons. The molecule has 1 aromatic carbocycles. The molecule has 0 aliphatic heterocycles. The van der Waals surface area contributed by atoms with Gasteiger partial charge >= 0.3 is 0 Å². The van der Waals surface area contributed by atoms with Crippen LogP contribution in [-0.2, 0) is 0 Å². The number of aromatic amines is 1. The molecule has 3 N–H and O–H groups in total. The molecule has 7 heteroatoms. The number of carbonyl (C=O) groups is 1. The molecule has 92 valence electrons. The van der Waals surface area contributed by atoms with E-state index < -0.39 is 10.8 Å². The number of nitrogens with one attached hydrogen (secondary N) is 2. The first-order valence-electron chi connectivity index (χ1n) is 5.00. The standard InChI is InChI=1S/C11H9N3O4/c15-10-4-3-7(14(17)18)6-9(10)13-11(16)8-2-1-5-12-8/h1-6,12,15H,(H,13,16). The number of hydrogen-bond acceptors (Lipinski definition) is 4. The Morgan fingerprint density at radius 1 is 1.39 bits per heavy atom. The van der Waals surface area contributed by atoms with Crippen LogP contribution >= 0.6 is 0 Å². The number of phenolic OH excluding ortho intramolecular Hbond substituents is 1. The topological polar surface area (TPSA) is 108 Å². The second-order valence-corrected chi connectivity index (χ2v) is 3.50. The molecule has 7 nitrogen and oxygen atoms in total.